The Morgan fingerprint density at radius 3 is 2.29 bits per heavy atom. The molecule has 1 aliphatic heterocycles. The lowest BCUT2D eigenvalue weighted by atomic mass is 10.1. The Balaban J connectivity index is 2.21. The lowest BCUT2D eigenvalue weighted by molar-refractivity contribution is -0.153. The van der Waals surface area contributed by atoms with E-state index in [1.165, 1.54) is 29.2 Å². The molecule has 0 aromatic heterocycles. The number of hydrogen-bond acceptors (Lipinski definition) is 2. The highest BCUT2D eigenvalue weighted by Crippen LogP contribution is 2.34. The van der Waals surface area contributed by atoms with Gasteiger partial charge in [-0.05, 0) is 64.6 Å². The van der Waals surface area contributed by atoms with Crippen molar-refractivity contribution in [2.75, 3.05) is 13.2 Å². The van der Waals surface area contributed by atoms with Crippen LogP contribution in [0, 0.1) is 0 Å². The standard InChI is InChI=1S/C16H13F5INO/c1-10-13(22)6-7-14(23(10)8-15(17)18)11-2-4-12(5-3-11)24-9-16(19,20)21/h2-7,15H,1,8-9H2. The minimum atomic E-state index is -4.42. The Morgan fingerprint density at radius 2 is 1.75 bits per heavy atom. The van der Waals surface area contributed by atoms with E-state index in [1.807, 2.05) is 22.6 Å². The molecule has 8 heteroatoms. The van der Waals surface area contributed by atoms with Crippen molar-refractivity contribution in [3.05, 3.63) is 57.8 Å². The van der Waals surface area contributed by atoms with Crippen LogP contribution in [-0.4, -0.2) is 30.7 Å². The van der Waals surface area contributed by atoms with E-state index in [0.29, 0.717) is 17.0 Å². The molecule has 1 aliphatic rings. The second-order valence-electron chi connectivity index (χ2n) is 4.94. The third-order valence-electron chi connectivity index (χ3n) is 3.15. The van der Waals surface area contributed by atoms with Gasteiger partial charge in [-0.15, -0.1) is 0 Å². The fraction of sp³-hybridized carbons (Fsp3) is 0.250. The van der Waals surface area contributed by atoms with Gasteiger partial charge in [-0.25, -0.2) is 8.78 Å². The van der Waals surface area contributed by atoms with Gasteiger partial charge in [0.1, 0.15) is 5.75 Å². The molecule has 0 saturated heterocycles. The first-order valence-electron chi connectivity index (χ1n) is 6.80. The van der Waals surface area contributed by atoms with Gasteiger partial charge in [0.25, 0.3) is 6.43 Å². The fourth-order valence-corrected chi connectivity index (χ4v) is 2.57. The molecule has 0 aliphatic carbocycles. The van der Waals surface area contributed by atoms with Crippen LogP contribution in [0.5, 0.6) is 5.75 Å². The second kappa shape index (κ2) is 7.54. The summed E-state index contributed by atoms with van der Waals surface area (Å²) >= 11 is 2.00. The van der Waals surface area contributed by atoms with Gasteiger partial charge in [-0.1, -0.05) is 6.58 Å². The van der Waals surface area contributed by atoms with E-state index in [0.717, 1.165) is 3.58 Å². The van der Waals surface area contributed by atoms with Crippen LogP contribution in [-0.2, 0) is 0 Å². The summed E-state index contributed by atoms with van der Waals surface area (Å²) in [5.74, 6) is 0.0526. The molecular weight excluding hydrogens is 444 g/mol. The van der Waals surface area contributed by atoms with E-state index in [4.69, 9.17) is 0 Å². The summed E-state index contributed by atoms with van der Waals surface area (Å²) in [7, 11) is 0. The van der Waals surface area contributed by atoms with E-state index in [9.17, 15) is 22.0 Å². The fourth-order valence-electron chi connectivity index (χ4n) is 2.10. The largest absolute Gasteiger partial charge is 0.484 e. The second-order valence-corrected chi connectivity index (χ2v) is 6.11. The Labute approximate surface area is 149 Å². The van der Waals surface area contributed by atoms with Gasteiger partial charge in [-0.2, -0.15) is 13.2 Å². The number of alkyl halides is 5. The van der Waals surface area contributed by atoms with Gasteiger partial charge in [0.2, 0.25) is 0 Å². The molecule has 130 valence electrons. The Morgan fingerprint density at radius 1 is 1.12 bits per heavy atom. The quantitative estimate of drug-likeness (QED) is 0.435. The number of ether oxygens (including phenoxy) is 1. The number of hydrogen-bond donors (Lipinski definition) is 0. The lowest BCUT2D eigenvalue weighted by Crippen LogP contribution is -2.28. The van der Waals surface area contributed by atoms with E-state index < -0.39 is 25.8 Å². The SMILES string of the molecule is C=C1C(I)=CC=C(c2ccc(OCC(F)(F)F)cc2)N1CC(F)F. The molecule has 0 unspecified atom stereocenters. The highest BCUT2D eigenvalue weighted by molar-refractivity contribution is 14.1. The molecule has 1 aromatic rings. The minimum Gasteiger partial charge on any atom is -0.484 e. The molecule has 0 spiro atoms. The molecule has 0 bridgehead atoms. The molecule has 0 atom stereocenters. The highest BCUT2D eigenvalue weighted by atomic mass is 127. The van der Waals surface area contributed by atoms with Crippen molar-refractivity contribution in [3.8, 4) is 5.75 Å². The summed E-state index contributed by atoms with van der Waals surface area (Å²) in [5.41, 5.74) is 1.53. The molecule has 2 nitrogen and oxygen atoms in total. The molecule has 0 saturated carbocycles. The maximum atomic E-state index is 12.8. The van der Waals surface area contributed by atoms with Crippen LogP contribution >= 0.6 is 22.6 Å². The van der Waals surface area contributed by atoms with Crippen molar-refractivity contribution in [2.24, 2.45) is 0 Å². The van der Waals surface area contributed by atoms with Crippen molar-refractivity contribution in [1.82, 2.24) is 4.90 Å². The lowest BCUT2D eigenvalue weighted by Gasteiger charge is -2.31. The molecule has 0 fully saturated rings. The average molecular weight is 457 g/mol. The van der Waals surface area contributed by atoms with Crippen molar-refractivity contribution in [1.29, 1.82) is 0 Å². The number of halogens is 6. The number of benzene rings is 1. The first-order valence-corrected chi connectivity index (χ1v) is 7.87. The van der Waals surface area contributed by atoms with Crippen LogP contribution < -0.4 is 4.74 Å². The minimum absolute atomic E-state index is 0.0526. The zero-order valence-corrected chi connectivity index (χ0v) is 14.4. The summed E-state index contributed by atoms with van der Waals surface area (Å²) in [4.78, 5) is 1.39. The monoisotopic (exact) mass is 457 g/mol. The van der Waals surface area contributed by atoms with E-state index >= 15 is 0 Å². The number of rotatable bonds is 5. The Kier molecular flexibility index (Phi) is 5.89. The van der Waals surface area contributed by atoms with Crippen LogP contribution in [0.15, 0.2) is 52.3 Å². The predicted molar refractivity (Wildman–Crippen MR) is 89.9 cm³/mol. The first kappa shape index (κ1) is 18.8. The molecule has 0 radical (unpaired) electrons. The van der Waals surface area contributed by atoms with Gasteiger partial charge in [0.15, 0.2) is 6.61 Å². The van der Waals surface area contributed by atoms with Crippen molar-refractivity contribution in [2.45, 2.75) is 12.6 Å². The van der Waals surface area contributed by atoms with Crippen molar-refractivity contribution < 1.29 is 26.7 Å². The maximum absolute atomic E-state index is 12.8. The van der Waals surface area contributed by atoms with Gasteiger partial charge >= 0.3 is 6.18 Å². The van der Waals surface area contributed by atoms with Crippen LogP contribution in [0.25, 0.3) is 5.70 Å². The molecule has 1 aromatic carbocycles. The zero-order chi connectivity index (χ0) is 17.9. The third kappa shape index (κ3) is 4.96. The van der Waals surface area contributed by atoms with Gasteiger partial charge in [0, 0.05) is 15.0 Å². The Hall–Kier alpha value is -1.58. The number of nitrogens with zero attached hydrogens (tertiary/aromatic N) is 1. The summed E-state index contributed by atoms with van der Waals surface area (Å²) in [5, 5.41) is 0. The highest BCUT2D eigenvalue weighted by Gasteiger charge is 2.28. The summed E-state index contributed by atoms with van der Waals surface area (Å²) < 4.78 is 67.4. The van der Waals surface area contributed by atoms with Gasteiger partial charge in [0.05, 0.1) is 6.54 Å². The molecule has 1 heterocycles. The van der Waals surface area contributed by atoms with Crippen LogP contribution in [0.3, 0.4) is 0 Å². The van der Waals surface area contributed by atoms with Crippen LogP contribution in [0.4, 0.5) is 22.0 Å². The predicted octanol–water partition coefficient (Wildman–Crippen LogP) is 5.38. The van der Waals surface area contributed by atoms with Crippen LogP contribution in [0.2, 0.25) is 0 Å². The average Bonchev–Trinajstić information content (AvgIpc) is 2.50. The van der Waals surface area contributed by atoms with Gasteiger partial charge in [-0.3, -0.25) is 0 Å². The maximum Gasteiger partial charge on any atom is 0.422 e. The van der Waals surface area contributed by atoms with Crippen molar-refractivity contribution in [3.63, 3.8) is 0 Å². The smallest absolute Gasteiger partial charge is 0.422 e. The summed E-state index contributed by atoms with van der Waals surface area (Å²) in [6, 6.07) is 5.79. The molecular formula is C16H13F5INO. The molecule has 24 heavy (non-hydrogen) atoms. The van der Waals surface area contributed by atoms with Gasteiger partial charge < -0.3 is 9.64 Å². The van der Waals surface area contributed by atoms with Crippen LogP contribution in [0.1, 0.15) is 5.56 Å². The molecule has 0 amide bonds. The Bertz CT molecular complexity index is 664. The number of allylic oxidation sites excluding steroid dienone is 3. The zero-order valence-electron chi connectivity index (χ0n) is 12.3. The summed E-state index contributed by atoms with van der Waals surface area (Å²) in [6.07, 6.45) is -3.56. The molecule has 2 rings (SSSR count). The summed E-state index contributed by atoms with van der Waals surface area (Å²) in [6.45, 7) is 1.90. The van der Waals surface area contributed by atoms with Crippen molar-refractivity contribution >= 4 is 28.3 Å². The van der Waals surface area contributed by atoms with E-state index in [-0.39, 0.29) is 5.75 Å². The third-order valence-corrected chi connectivity index (χ3v) is 4.14. The van der Waals surface area contributed by atoms with E-state index in [2.05, 4.69) is 11.3 Å². The van der Waals surface area contributed by atoms with E-state index in [1.54, 1.807) is 12.2 Å². The first-order chi connectivity index (χ1) is 11.2. The normalized spacial score (nSPS) is 15.5. The molecule has 0 N–H and O–H groups in total. The topological polar surface area (TPSA) is 12.5 Å².